The van der Waals surface area contributed by atoms with Gasteiger partial charge < -0.3 is 15.2 Å². The molecule has 1 aromatic carbocycles. The van der Waals surface area contributed by atoms with Crippen LogP contribution in [0.25, 0.3) is 0 Å². The van der Waals surface area contributed by atoms with Crippen LogP contribution in [0.1, 0.15) is 39.7 Å². The number of alkyl carbamates (subject to hydrolysis) is 1. The Labute approximate surface area is 148 Å². The Morgan fingerprint density at radius 3 is 2.43 bits per heavy atom. The summed E-state index contributed by atoms with van der Waals surface area (Å²) in [6.45, 7) is 7.61. The first kappa shape index (κ1) is 20.1. The maximum atomic E-state index is 11.8. The van der Waals surface area contributed by atoms with E-state index in [9.17, 15) is 9.90 Å². The lowest BCUT2D eigenvalue weighted by atomic mass is 9.80. The molecule has 0 aliphatic heterocycles. The zero-order valence-corrected chi connectivity index (χ0v) is 15.6. The molecule has 1 atom stereocenters. The van der Waals surface area contributed by atoms with Crippen molar-refractivity contribution in [1.29, 1.82) is 0 Å². The number of aliphatic hydroxyl groups excluding tert-OH is 1. The topological polar surface area (TPSA) is 58.6 Å². The lowest BCUT2D eigenvalue weighted by Crippen LogP contribution is -2.43. The van der Waals surface area contributed by atoms with Gasteiger partial charge in [-0.05, 0) is 51.3 Å². The molecule has 6 heteroatoms. The molecule has 4 nitrogen and oxygen atoms in total. The summed E-state index contributed by atoms with van der Waals surface area (Å²) in [5.74, 6) is 0. The first-order valence-electron chi connectivity index (χ1n) is 7.62. The smallest absolute Gasteiger partial charge is 0.407 e. The number of carbonyl (C=O) groups excluding carboxylic acids is 1. The molecule has 0 aromatic heterocycles. The summed E-state index contributed by atoms with van der Waals surface area (Å²) in [5.41, 5.74) is -0.176. The number of ether oxygens (including phenoxy) is 1. The number of halogens is 2. The van der Waals surface area contributed by atoms with Gasteiger partial charge in [0.25, 0.3) is 0 Å². The molecule has 1 amide bonds. The highest BCUT2D eigenvalue weighted by Crippen LogP contribution is 2.31. The van der Waals surface area contributed by atoms with Crippen molar-refractivity contribution in [3.8, 4) is 0 Å². The largest absolute Gasteiger partial charge is 0.444 e. The van der Waals surface area contributed by atoms with Gasteiger partial charge in [0.15, 0.2) is 0 Å². The second-order valence-electron chi connectivity index (χ2n) is 6.78. The first-order chi connectivity index (χ1) is 10.6. The molecule has 0 heterocycles. The van der Waals surface area contributed by atoms with Crippen LogP contribution in [0, 0.1) is 5.41 Å². The zero-order chi connectivity index (χ0) is 17.7. The highest BCUT2D eigenvalue weighted by atomic mass is 35.5. The number of carbonyl (C=O) groups is 1. The van der Waals surface area contributed by atoms with Crippen molar-refractivity contribution in [1.82, 2.24) is 5.32 Å². The predicted octanol–water partition coefficient (Wildman–Crippen LogP) is 4.45. The maximum Gasteiger partial charge on any atom is 0.407 e. The van der Waals surface area contributed by atoms with Crippen molar-refractivity contribution >= 4 is 29.3 Å². The van der Waals surface area contributed by atoms with Gasteiger partial charge in [0.2, 0.25) is 0 Å². The molecule has 1 unspecified atom stereocenters. The summed E-state index contributed by atoms with van der Waals surface area (Å²) in [6.07, 6.45) is 0.718. The average Bonchev–Trinajstić information content (AvgIpc) is 2.44. The second kappa shape index (κ2) is 8.22. The molecule has 0 spiro atoms. The van der Waals surface area contributed by atoms with Crippen LogP contribution >= 0.6 is 23.2 Å². The van der Waals surface area contributed by atoms with E-state index in [-0.39, 0.29) is 6.61 Å². The van der Waals surface area contributed by atoms with Crippen LogP contribution in [0.15, 0.2) is 18.2 Å². The predicted molar refractivity (Wildman–Crippen MR) is 94.2 cm³/mol. The van der Waals surface area contributed by atoms with Gasteiger partial charge in [-0.2, -0.15) is 0 Å². The van der Waals surface area contributed by atoms with Crippen LogP contribution in [-0.2, 0) is 11.2 Å². The van der Waals surface area contributed by atoms with Gasteiger partial charge >= 0.3 is 6.09 Å². The monoisotopic (exact) mass is 361 g/mol. The number of aliphatic hydroxyl groups is 1. The van der Waals surface area contributed by atoms with Gasteiger partial charge in [0, 0.05) is 22.0 Å². The summed E-state index contributed by atoms with van der Waals surface area (Å²) in [4.78, 5) is 11.8. The second-order valence-corrected chi connectivity index (χ2v) is 7.62. The molecule has 0 saturated carbocycles. The number of amides is 1. The van der Waals surface area contributed by atoms with Crippen LogP contribution in [0.5, 0.6) is 0 Å². The summed E-state index contributed by atoms with van der Waals surface area (Å²) in [6, 6.07) is 5.29. The Balaban J connectivity index is 2.80. The third-order valence-corrected chi connectivity index (χ3v) is 4.26. The van der Waals surface area contributed by atoms with Crippen molar-refractivity contribution in [2.24, 2.45) is 5.41 Å². The van der Waals surface area contributed by atoms with Crippen LogP contribution in [0.3, 0.4) is 0 Å². The normalized spacial score (nSPS) is 14.2. The van der Waals surface area contributed by atoms with Crippen molar-refractivity contribution in [3.63, 3.8) is 0 Å². The fraction of sp³-hybridized carbons (Fsp3) is 0.588. The Morgan fingerprint density at radius 2 is 1.96 bits per heavy atom. The molecule has 2 N–H and O–H groups in total. The molecule has 23 heavy (non-hydrogen) atoms. The van der Waals surface area contributed by atoms with Crippen LogP contribution < -0.4 is 5.32 Å². The van der Waals surface area contributed by atoms with Crippen LogP contribution in [-0.4, -0.2) is 30.0 Å². The minimum atomic E-state index is -0.558. The highest BCUT2D eigenvalue weighted by Gasteiger charge is 2.30. The quantitative estimate of drug-likeness (QED) is 0.786. The van der Waals surface area contributed by atoms with Crippen LogP contribution in [0.4, 0.5) is 4.79 Å². The summed E-state index contributed by atoms with van der Waals surface area (Å²) >= 11 is 12.1. The molecule has 1 aromatic rings. The van der Waals surface area contributed by atoms with Crippen molar-refractivity contribution in [2.75, 3.05) is 13.2 Å². The minimum absolute atomic E-state index is 0.0712. The Kier molecular flexibility index (Phi) is 7.18. The molecule has 0 bridgehead atoms. The van der Waals surface area contributed by atoms with Gasteiger partial charge in [-0.25, -0.2) is 4.79 Å². The molecular weight excluding hydrogens is 337 g/mol. The SMILES string of the molecule is CCC(CO)(CNC(=O)OC(C)(C)C)Cc1ccc(Cl)cc1Cl. The highest BCUT2D eigenvalue weighted by molar-refractivity contribution is 6.35. The summed E-state index contributed by atoms with van der Waals surface area (Å²) in [7, 11) is 0. The molecule has 0 fully saturated rings. The average molecular weight is 362 g/mol. The van der Waals surface area contributed by atoms with E-state index in [1.54, 1.807) is 32.9 Å². The molecule has 1 rings (SSSR count). The van der Waals surface area contributed by atoms with Gasteiger partial charge in [-0.3, -0.25) is 0 Å². The van der Waals surface area contributed by atoms with E-state index >= 15 is 0 Å². The van der Waals surface area contributed by atoms with E-state index < -0.39 is 17.1 Å². The number of nitrogens with one attached hydrogen (secondary N) is 1. The fourth-order valence-electron chi connectivity index (χ4n) is 2.18. The molecule has 0 saturated heterocycles. The van der Waals surface area contributed by atoms with Gasteiger partial charge in [-0.15, -0.1) is 0 Å². The maximum absolute atomic E-state index is 11.8. The van der Waals surface area contributed by atoms with Crippen molar-refractivity contribution < 1.29 is 14.6 Å². The third-order valence-electron chi connectivity index (χ3n) is 3.67. The fourth-order valence-corrected chi connectivity index (χ4v) is 2.65. The molecular formula is C17H25Cl2NO3. The van der Waals surface area contributed by atoms with Gasteiger partial charge in [-0.1, -0.05) is 36.2 Å². The Bertz CT molecular complexity index is 537. The lowest BCUT2D eigenvalue weighted by molar-refractivity contribution is 0.0461. The van der Waals surface area contributed by atoms with E-state index in [1.807, 2.05) is 13.0 Å². The zero-order valence-electron chi connectivity index (χ0n) is 14.1. The molecule has 130 valence electrons. The van der Waals surface area contributed by atoms with E-state index in [0.29, 0.717) is 29.4 Å². The van der Waals surface area contributed by atoms with Gasteiger partial charge in [0.05, 0.1) is 6.61 Å². The molecule has 0 aliphatic carbocycles. The van der Waals surface area contributed by atoms with Crippen molar-refractivity contribution in [2.45, 2.75) is 46.1 Å². The van der Waals surface area contributed by atoms with E-state index in [0.717, 1.165) is 5.56 Å². The molecule has 0 radical (unpaired) electrons. The number of benzene rings is 1. The van der Waals surface area contributed by atoms with E-state index in [4.69, 9.17) is 27.9 Å². The van der Waals surface area contributed by atoms with Crippen LogP contribution in [0.2, 0.25) is 10.0 Å². The van der Waals surface area contributed by atoms with E-state index in [2.05, 4.69) is 5.32 Å². The Hall–Kier alpha value is -0.970. The lowest BCUT2D eigenvalue weighted by Gasteiger charge is -2.32. The minimum Gasteiger partial charge on any atom is -0.444 e. The molecule has 0 aliphatic rings. The summed E-state index contributed by atoms with van der Waals surface area (Å²) in [5, 5.41) is 13.7. The van der Waals surface area contributed by atoms with E-state index in [1.165, 1.54) is 0 Å². The number of rotatable bonds is 6. The number of hydrogen-bond acceptors (Lipinski definition) is 3. The summed E-state index contributed by atoms with van der Waals surface area (Å²) < 4.78 is 5.24. The Morgan fingerprint density at radius 1 is 1.30 bits per heavy atom. The van der Waals surface area contributed by atoms with Crippen molar-refractivity contribution in [3.05, 3.63) is 33.8 Å². The first-order valence-corrected chi connectivity index (χ1v) is 8.38. The van der Waals surface area contributed by atoms with Gasteiger partial charge in [0.1, 0.15) is 5.60 Å². The standard InChI is InChI=1S/C17H25Cl2NO3/c1-5-17(11-21,10-20-15(22)23-16(2,3)4)9-12-6-7-13(18)8-14(12)19/h6-8,21H,5,9-11H2,1-4H3,(H,20,22). The third kappa shape index (κ3) is 6.58. The number of hydrogen-bond donors (Lipinski definition) is 2.